The molecule has 0 radical (unpaired) electrons. The number of nitrogens with one attached hydrogen (secondary N) is 1. The zero-order valence-electron chi connectivity index (χ0n) is 10.5. The van der Waals surface area contributed by atoms with E-state index in [-0.39, 0.29) is 10.9 Å². The van der Waals surface area contributed by atoms with E-state index in [9.17, 15) is 8.42 Å². The summed E-state index contributed by atoms with van der Waals surface area (Å²) in [6.45, 7) is 3.54. The third kappa shape index (κ3) is 2.84. The SMILES string of the molecule is CCc1ccc(S(=O)(=O)Nc2nc(C)no2)cc1N. The van der Waals surface area contributed by atoms with E-state index in [2.05, 4.69) is 14.9 Å². The molecule has 0 aliphatic rings. The average Bonchev–Trinajstić information content (AvgIpc) is 2.73. The highest BCUT2D eigenvalue weighted by molar-refractivity contribution is 7.92. The molecule has 0 unspecified atom stereocenters. The van der Waals surface area contributed by atoms with Crippen LogP contribution in [0, 0.1) is 6.92 Å². The van der Waals surface area contributed by atoms with Gasteiger partial charge in [-0.05, 0) is 31.0 Å². The Morgan fingerprint density at radius 2 is 2.16 bits per heavy atom. The monoisotopic (exact) mass is 282 g/mol. The van der Waals surface area contributed by atoms with Crippen LogP contribution in [0.2, 0.25) is 0 Å². The van der Waals surface area contributed by atoms with Gasteiger partial charge in [0.1, 0.15) is 0 Å². The van der Waals surface area contributed by atoms with E-state index in [0.717, 1.165) is 12.0 Å². The second kappa shape index (κ2) is 4.88. The minimum atomic E-state index is -3.77. The van der Waals surface area contributed by atoms with Gasteiger partial charge in [0, 0.05) is 5.69 Å². The fourth-order valence-corrected chi connectivity index (χ4v) is 2.53. The van der Waals surface area contributed by atoms with E-state index in [1.807, 2.05) is 6.92 Å². The van der Waals surface area contributed by atoms with Crippen LogP contribution in [0.15, 0.2) is 27.6 Å². The summed E-state index contributed by atoms with van der Waals surface area (Å²) in [5, 5.41) is 3.50. The van der Waals surface area contributed by atoms with Gasteiger partial charge in [-0.25, -0.2) is 13.1 Å². The van der Waals surface area contributed by atoms with E-state index >= 15 is 0 Å². The number of benzene rings is 1. The van der Waals surface area contributed by atoms with Gasteiger partial charge in [-0.1, -0.05) is 18.1 Å². The maximum atomic E-state index is 12.1. The lowest BCUT2D eigenvalue weighted by atomic mass is 10.1. The average molecular weight is 282 g/mol. The highest BCUT2D eigenvalue weighted by Gasteiger charge is 2.18. The molecule has 102 valence electrons. The van der Waals surface area contributed by atoms with Crippen molar-refractivity contribution >= 4 is 21.7 Å². The van der Waals surface area contributed by atoms with E-state index in [4.69, 9.17) is 10.3 Å². The first-order valence-electron chi connectivity index (χ1n) is 5.64. The Balaban J connectivity index is 2.31. The van der Waals surface area contributed by atoms with Gasteiger partial charge < -0.3 is 10.3 Å². The quantitative estimate of drug-likeness (QED) is 0.818. The molecule has 0 aliphatic heterocycles. The molecular weight excluding hydrogens is 268 g/mol. The lowest BCUT2D eigenvalue weighted by Gasteiger charge is -2.07. The number of sulfonamides is 1. The third-order valence-electron chi connectivity index (χ3n) is 2.56. The van der Waals surface area contributed by atoms with Gasteiger partial charge >= 0.3 is 6.01 Å². The largest absolute Gasteiger partial charge is 0.398 e. The number of nitrogens with two attached hydrogens (primary N) is 1. The van der Waals surface area contributed by atoms with Crippen molar-refractivity contribution < 1.29 is 12.9 Å². The Kier molecular flexibility index (Phi) is 3.43. The van der Waals surface area contributed by atoms with Crippen molar-refractivity contribution in [3.63, 3.8) is 0 Å². The van der Waals surface area contributed by atoms with Crippen molar-refractivity contribution in [3.8, 4) is 0 Å². The summed E-state index contributed by atoms with van der Waals surface area (Å²) in [6.07, 6.45) is 0.739. The molecular formula is C11H14N4O3S. The second-order valence-corrected chi connectivity index (χ2v) is 5.65. The predicted octanol–water partition coefficient (Wildman–Crippen LogP) is 1.32. The third-order valence-corrected chi connectivity index (χ3v) is 3.88. The van der Waals surface area contributed by atoms with Crippen LogP contribution in [-0.2, 0) is 16.4 Å². The molecule has 2 aromatic rings. The Morgan fingerprint density at radius 1 is 1.42 bits per heavy atom. The number of rotatable bonds is 4. The summed E-state index contributed by atoms with van der Waals surface area (Å²) in [4.78, 5) is 3.83. The predicted molar refractivity (Wildman–Crippen MR) is 70.1 cm³/mol. The van der Waals surface area contributed by atoms with Crippen molar-refractivity contribution in [2.45, 2.75) is 25.2 Å². The maximum absolute atomic E-state index is 12.1. The van der Waals surface area contributed by atoms with E-state index in [1.165, 1.54) is 12.1 Å². The van der Waals surface area contributed by atoms with Crippen molar-refractivity contribution in [1.29, 1.82) is 0 Å². The van der Waals surface area contributed by atoms with Gasteiger partial charge in [0.05, 0.1) is 4.90 Å². The topological polar surface area (TPSA) is 111 Å². The molecule has 0 saturated carbocycles. The zero-order chi connectivity index (χ0) is 14.0. The molecule has 2 rings (SSSR count). The Bertz CT molecular complexity index is 694. The second-order valence-electron chi connectivity index (χ2n) is 3.97. The normalized spacial score (nSPS) is 11.5. The van der Waals surface area contributed by atoms with Gasteiger partial charge in [0.15, 0.2) is 5.82 Å². The van der Waals surface area contributed by atoms with Gasteiger partial charge in [0.2, 0.25) is 0 Å². The lowest BCUT2D eigenvalue weighted by Crippen LogP contribution is -2.13. The van der Waals surface area contributed by atoms with Gasteiger partial charge in [-0.2, -0.15) is 4.98 Å². The molecule has 0 aliphatic carbocycles. The fourth-order valence-electron chi connectivity index (χ4n) is 1.57. The summed E-state index contributed by atoms with van der Waals surface area (Å²) in [5.41, 5.74) is 7.12. The first-order chi connectivity index (χ1) is 8.92. The molecule has 7 nitrogen and oxygen atoms in total. The zero-order valence-corrected chi connectivity index (χ0v) is 11.4. The van der Waals surface area contributed by atoms with Crippen LogP contribution in [-0.4, -0.2) is 18.6 Å². The standard InChI is InChI=1S/C11H14N4O3S/c1-3-8-4-5-9(6-10(8)12)19(16,17)15-11-13-7(2)14-18-11/h4-6H,3,12H2,1-2H3,(H,13,14,15). The van der Waals surface area contributed by atoms with Crippen molar-refractivity contribution in [3.05, 3.63) is 29.6 Å². The molecule has 0 bridgehead atoms. The Morgan fingerprint density at radius 3 is 2.68 bits per heavy atom. The molecule has 0 spiro atoms. The smallest absolute Gasteiger partial charge is 0.335 e. The number of aryl methyl sites for hydroxylation is 2. The molecule has 1 aromatic carbocycles. The van der Waals surface area contributed by atoms with Crippen LogP contribution in [0.3, 0.4) is 0 Å². The van der Waals surface area contributed by atoms with Gasteiger partial charge in [-0.3, -0.25) is 0 Å². The maximum Gasteiger partial charge on any atom is 0.335 e. The van der Waals surface area contributed by atoms with Crippen molar-refractivity contribution in [1.82, 2.24) is 10.1 Å². The molecule has 3 N–H and O–H groups in total. The Hall–Kier alpha value is -2.09. The summed E-state index contributed by atoms with van der Waals surface area (Å²) < 4.78 is 31.0. The Labute approximate surface area is 110 Å². The highest BCUT2D eigenvalue weighted by atomic mass is 32.2. The summed E-state index contributed by atoms with van der Waals surface area (Å²) >= 11 is 0. The lowest BCUT2D eigenvalue weighted by molar-refractivity contribution is 0.429. The summed E-state index contributed by atoms with van der Waals surface area (Å²) in [6, 6.07) is 4.41. The van der Waals surface area contributed by atoms with Crippen LogP contribution in [0.25, 0.3) is 0 Å². The van der Waals surface area contributed by atoms with Gasteiger partial charge in [-0.15, -0.1) is 0 Å². The minimum Gasteiger partial charge on any atom is -0.398 e. The van der Waals surface area contributed by atoms with E-state index in [0.29, 0.717) is 11.5 Å². The summed E-state index contributed by atoms with van der Waals surface area (Å²) in [5.74, 6) is 0.346. The molecule has 1 heterocycles. The van der Waals surface area contributed by atoms with E-state index in [1.54, 1.807) is 13.0 Å². The first-order valence-corrected chi connectivity index (χ1v) is 7.12. The van der Waals surface area contributed by atoms with Crippen LogP contribution in [0.1, 0.15) is 18.3 Å². The molecule has 0 saturated heterocycles. The fraction of sp³-hybridized carbons (Fsp3) is 0.273. The minimum absolute atomic E-state index is 0.0538. The number of anilines is 2. The summed E-state index contributed by atoms with van der Waals surface area (Å²) in [7, 11) is -3.77. The van der Waals surface area contributed by atoms with Crippen molar-refractivity contribution in [2.75, 3.05) is 10.5 Å². The van der Waals surface area contributed by atoms with Crippen LogP contribution < -0.4 is 10.5 Å². The number of nitrogens with zero attached hydrogens (tertiary/aromatic N) is 2. The van der Waals surface area contributed by atoms with Gasteiger partial charge in [0.25, 0.3) is 10.0 Å². The number of nitrogen functional groups attached to an aromatic ring is 1. The van der Waals surface area contributed by atoms with Crippen LogP contribution in [0.4, 0.5) is 11.7 Å². The molecule has 1 aromatic heterocycles. The molecule has 0 amide bonds. The van der Waals surface area contributed by atoms with E-state index < -0.39 is 10.0 Å². The first kappa shape index (κ1) is 13.3. The molecule has 0 atom stereocenters. The van der Waals surface area contributed by atoms with Crippen LogP contribution >= 0.6 is 0 Å². The molecule has 19 heavy (non-hydrogen) atoms. The molecule has 8 heteroatoms. The van der Waals surface area contributed by atoms with Crippen molar-refractivity contribution in [2.24, 2.45) is 0 Å². The van der Waals surface area contributed by atoms with Crippen LogP contribution in [0.5, 0.6) is 0 Å². The number of aromatic nitrogens is 2. The highest BCUT2D eigenvalue weighted by Crippen LogP contribution is 2.20. The number of hydrogen-bond acceptors (Lipinski definition) is 6. The number of hydrogen-bond donors (Lipinski definition) is 2. The molecule has 0 fully saturated rings.